The second kappa shape index (κ2) is 8.71. The Morgan fingerprint density at radius 1 is 1.07 bits per heavy atom. The first-order valence-corrected chi connectivity index (χ1v) is 10.9. The predicted molar refractivity (Wildman–Crippen MR) is 123 cm³/mol. The summed E-state index contributed by atoms with van der Waals surface area (Å²) in [5.74, 6) is 1.59. The summed E-state index contributed by atoms with van der Waals surface area (Å²) in [6.45, 7) is 7.48. The lowest BCUT2D eigenvalue weighted by Crippen LogP contribution is -2.46. The highest BCUT2D eigenvalue weighted by atomic mass is 32.1. The molecule has 1 aliphatic rings. The molecule has 8 heteroatoms. The highest BCUT2D eigenvalue weighted by Gasteiger charge is 2.20. The lowest BCUT2D eigenvalue weighted by atomic mass is 10.0. The van der Waals surface area contributed by atoms with Gasteiger partial charge in [-0.05, 0) is 44.2 Å². The number of nitrogens with two attached hydrogens (primary N) is 1. The van der Waals surface area contributed by atoms with E-state index in [1.165, 1.54) is 0 Å². The first kappa shape index (κ1) is 20.2. The van der Waals surface area contributed by atoms with Crippen LogP contribution in [0.1, 0.15) is 25.0 Å². The van der Waals surface area contributed by atoms with Crippen LogP contribution in [0.3, 0.4) is 0 Å². The van der Waals surface area contributed by atoms with Crippen LogP contribution in [0, 0.1) is 5.41 Å². The van der Waals surface area contributed by atoms with Crippen molar-refractivity contribution in [3.63, 3.8) is 0 Å². The van der Waals surface area contributed by atoms with Crippen molar-refractivity contribution in [3.8, 4) is 5.75 Å². The van der Waals surface area contributed by atoms with Crippen LogP contribution in [-0.2, 0) is 0 Å². The molecule has 3 N–H and O–H groups in total. The molecule has 0 atom stereocenters. The van der Waals surface area contributed by atoms with Crippen LogP contribution in [0.4, 0.5) is 16.6 Å². The van der Waals surface area contributed by atoms with Gasteiger partial charge in [0.25, 0.3) is 0 Å². The largest absolute Gasteiger partial charge is 0.491 e. The number of hydrogen-bond donors (Lipinski definition) is 2. The molecule has 0 amide bonds. The molecule has 1 fully saturated rings. The van der Waals surface area contributed by atoms with Gasteiger partial charge in [0.2, 0.25) is 0 Å². The number of anilines is 3. The van der Waals surface area contributed by atoms with Crippen molar-refractivity contribution in [1.29, 1.82) is 5.41 Å². The smallest absolute Gasteiger partial charge is 0.185 e. The number of pyridine rings is 1. The van der Waals surface area contributed by atoms with E-state index in [0.29, 0.717) is 22.7 Å². The van der Waals surface area contributed by atoms with Crippen LogP contribution in [0.5, 0.6) is 5.75 Å². The molecule has 0 unspecified atom stereocenters. The molecule has 156 valence electrons. The summed E-state index contributed by atoms with van der Waals surface area (Å²) < 4.78 is 5.77. The Kier molecular flexibility index (Phi) is 5.85. The van der Waals surface area contributed by atoms with Crippen LogP contribution in [0.2, 0.25) is 0 Å². The third kappa shape index (κ3) is 4.38. The second-order valence-electron chi connectivity index (χ2n) is 7.48. The standard InChI is InChI=1S/C22H26N6OS/c1-15(2)29-17-3-4-19(23)18(14-17)21(24)16-5-6-25-20(13-16)27-8-10-28(11-9-27)22-26-7-12-30-22/h3-7,12-15,24H,8-11,23H2,1-2H3. The van der Waals surface area contributed by atoms with Gasteiger partial charge < -0.3 is 20.3 Å². The van der Waals surface area contributed by atoms with E-state index in [2.05, 4.69) is 19.8 Å². The number of ether oxygens (including phenoxy) is 1. The zero-order valence-corrected chi connectivity index (χ0v) is 18.0. The van der Waals surface area contributed by atoms with Crippen LogP contribution < -0.4 is 20.3 Å². The number of rotatable bonds is 6. The van der Waals surface area contributed by atoms with Gasteiger partial charge >= 0.3 is 0 Å². The summed E-state index contributed by atoms with van der Waals surface area (Å²) in [7, 11) is 0. The SMILES string of the molecule is CC(C)Oc1ccc(N)c(C(=N)c2ccnc(N3CCN(c4nccs4)CC3)c2)c1. The van der Waals surface area contributed by atoms with E-state index in [9.17, 15) is 0 Å². The number of thiazole rings is 1. The van der Waals surface area contributed by atoms with Crippen molar-refractivity contribution >= 4 is 33.7 Å². The molecule has 0 bridgehead atoms. The Bertz CT molecular complexity index is 1010. The van der Waals surface area contributed by atoms with Gasteiger partial charge in [0.1, 0.15) is 11.6 Å². The highest BCUT2D eigenvalue weighted by Crippen LogP contribution is 2.25. The van der Waals surface area contributed by atoms with Crippen LogP contribution >= 0.6 is 11.3 Å². The maximum absolute atomic E-state index is 8.73. The molecule has 0 aliphatic carbocycles. The first-order valence-electron chi connectivity index (χ1n) is 10.0. The first-order chi connectivity index (χ1) is 14.5. The van der Waals surface area contributed by atoms with Crippen LogP contribution in [0.15, 0.2) is 48.1 Å². The maximum atomic E-state index is 8.73. The van der Waals surface area contributed by atoms with Crippen molar-refractivity contribution in [3.05, 3.63) is 59.2 Å². The Balaban J connectivity index is 1.50. The van der Waals surface area contributed by atoms with Crippen molar-refractivity contribution in [2.45, 2.75) is 20.0 Å². The summed E-state index contributed by atoms with van der Waals surface area (Å²) in [5.41, 5.74) is 8.55. The minimum Gasteiger partial charge on any atom is -0.491 e. The Morgan fingerprint density at radius 3 is 2.53 bits per heavy atom. The van der Waals surface area contributed by atoms with Crippen LogP contribution in [0.25, 0.3) is 0 Å². The lowest BCUT2D eigenvalue weighted by Gasteiger charge is -2.35. The summed E-state index contributed by atoms with van der Waals surface area (Å²) in [4.78, 5) is 13.5. The van der Waals surface area contributed by atoms with E-state index in [4.69, 9.17) is 15.9 Å². The van der Waals surface area contributed by atoms with Crippen molar-refractivity contribution in [2.24, 2.45) is 0 Å². The third-order valence-electron chi connectivity index (χ3n) is 4.99. The topological polar surface area (TPSA) is 91.4 Å². The van der Waals surface area contributed by atoms with E-state index in [-0.39, 0.29) is 6.10 Å². The number of nitrogens with zero attached hydrogens (tertiary/aromatic N) is 4. The molecule has 7 nitrogen and oxygen atoms in total. The molecule has 0 saturated carbocycles. The zero-order chi connectivity index (χ0) is 21.1. The molecule has 4 rings (SSSR count). The monoisotopic (exact) mass is 422 g/mol. The molecule has 2 aromatic heterocycles. The van der Waals surface area contributed by atoms with Gasteiger partial charge in [-0.25, -0.2) is 9.97 Å². The van der Waals surface area contributed by atoms with Gasteiger partial charge in [-0.1, -0.05) is 0 Å². The summed E-state index contributed by atoms with van der Waals surface area (Å²) >= 11 is 1.67. The number of piperazine rings is 1. The third-order valence-corrected chi connectivity index (χ3v) is 5.83. The summed E-state index contributed by atoms with van der Waals surface area (Å²) in [5, 5.41) is 11.8. The molecule has 0 spiro atoms. The average Bonchev–Trinajstić information content (AvgIpc) is 3.29. The Labute approximate surface area is 180 Å². The summed E-state index contributed by atoms with van der Waals surface area (Å²) in [6, 6.07) is 9.29. The number of hydrogen-bond acceptors (Lipinski definition) is 8. The molecular weight excluding hydrogens is 396 g/mol. The van der Waals surface area contributed by atoms with E-state index in [1.807, 2.05) is 49.7 Å². The van der Waals surface area contributed by atoms with Crippen LogP contribution in [-0.4, -0.2) is 48.0 Å². The molecule has 1 saturated heterocycles. The Hall–Kier alpha value is -3.13. The second-order valence-corrected chi connectivity index (χ2v) is 8.36. The minimum atomic E-state index is 0.0613. The normalized spacial score (nSPS) is 14.2. The van der Waals surface area contributed by atoms with Gasteiger partial charge in [-0.15, -0.1) is 11.3 Å². The van der Waals surface area contributed by atoms with Gasteiger partial charge in [-0.2, -0.15) is 0 Å². The van der Waals surface area contributed by atoms with E-state index >= 15 is 0 Å². The van der Waals surface area contributed by atoms with Gasteiger partial charge in [0, 0.05) is 60.8 Å². The molecule has 1 aliphatic heterocycles. The van der Waals surface area contributed by atoms with E-state index in [0.717, 1.165) is 42.7 Å². The number of nitrogen functional groups attached to an aromatic ring is 1. The van der Waals surface area contributed by atoms with Gasteiger partial charge in [0.05, 0.1) is 11.8 Å². The molecule has 3 heterocycles. The Morgan fingerprint density at radius 2 is 1.83 bits per heavy atom. The quantitative estimate of drug-likeness (QED) is 0.465. The number of nitrogens with one attached hydrogen (secondary N) is 1. The fraction of sp³-hybridized carbons (Fsp3) is 0.318. The van der Waals surface area contributed by atoms with E-state index in [1.54, 1.807) is 23.6 Å². The molecule has 0 radical (unpaired) electrons. The van der Waals surface area contributed by atoms with Crippen molar-refractivity contribution in [2.75, 3.05) is 41.7 Å². The molecule has 3 aromatic rings. The fourth-order valence-corrected chi connectivity index (χ4v) is 4.20. The minimum absolute atomic E-state index is 0.0613. The number of benzene rings is 1. The number of aromatic nitrogens is 2. The van der Waals surface area contributed by atoms with E-state index < -0.39 is 0 Å². The summed E-state index contributed by atoms with van der Waals surface area (Å²) in [6.07, 6.45) is 3.67. The molecule has 30 heavy (non-hydrogen) atoms. The zero-order valence-electron chi connectivity index (χ0n) is 17.2. The fourth-order valence-electron chi connectivity index (χ4n) is 3.50. The van der Waals surface area contributed by atoms with Gasteiger partial charge in [-0.3, -0.25) is 5.41 Å². The predicted octanol–water partition coefficient (Wildman–Crippen LogP) is 3.65. The lowest BCUT2D eigenvalue weighted by molar-refractivity contribution is 0.242. The van der Waals surface area contributed by atoms with Crippen molar-refractivity contribution < 1.29 is 4.74 Å². The molecule has 1 aromatic carbocycles. The molecular formula is C22H26N6OS. The highest BCUT2D eigenvalue weighted by molar-refractivity contribution is 7.13. The van der Waals surface area contributed by atoms with Crippen molar-refractivity contribution in [1.82, 2.24) is 9.97 Å². The van der Waals surface area contributed by atoms with Gasteiger partial charge in [0.15, 0.2) is 5.13 Å². The average molecular weight is 423 g/mol. The maximum Gasteiger partial charge on any atom is 0.185 e.